The van der Waals surface area contributed by atoms with Gasteiger partial charge in [0.2, 0.25) is 0 Å². The van der Waals surface area contributed by atoms with Gasteiger partial charge in [0, 0.05) is 37.4 Å². The Morgan fingerprint density at radius 2 is 1.96 bits per heavy atom. The molecular formula is C20H23N3O. The van der Waals surface area contributed by atoms with Crippen LogP contribution in [0, 0.1) is 0 Å². The molecule has 1 fully saturated rings. The predicted molar refractivity (Wildman–Crippen MR) is 96.4 cm³/mol. The summed E-state index contributed by atoms with van der Waals surface area (Å²) in [6.45, 7) is 3.53. The molecule has 0 aromatic heterocycles. The fourth-order valence-electron chi connectivity index (χ4n) is 3.73. The molecule has 1 N–H and O–H groups in total. The number of hydrogen-bond donors (Lipinski definition) is 1. The summed E-state index contributed by atoms with van der Waals surface area (Å²) < 4.78 is 0. The molecule has 2 aromatic rings. The van der Waals surface area contributed by atoms with Gasteiger partial charge in [-0.05, 0) is 42.8 Å². The summed E-state index contributed by atoms with van der Waals surface area (Å²) in [6.07, 6.45) is 1.00. The maximum atomic E-state index is 13.2. The van der Waals surface area contributed by atoms with Gasteiger partial charge in [0.1, 0.15) is 0 Å². The van der Waals surface area contributed by atoms with E-state index in [4.69, 9.17) is 0 Å². The highest BCUT2D eigenvalue weighted by Gasteiger charge is 2.31. The zero-order valence-corrected chi connectivity index (χ0v) is 14.0. The number of rotatable bonds is 2. The van der Waals surface area contributed by atoms with Crippen LogP contribution in [0.5, 0.6) is 0 Å². The number of nitrogens with zero attached hydrogens (tertiary/aromatic N) is 2. The lowest BCUT2D eigenvalue weighted by molar-refractivity contribution is 0.0498. The van der Waals surface area contributed by atoms with Crippen molar-refractivity contribution in [2.45, 2.75) is 12.5 Å². The number of benzene rings is 2. The SMILES string of the molecule is CN1CCN(C(=O)c2ccc3c(c2)CCN3)C(c2ccccc2)C1. The zero-order chi connectivity index (χ0) is 16.5. The van der Waals surface area contributed by atoms with Crippen LogP contribution >= 0.6 is 0 Å². The molecule has 0 spiro atoms. The van der Waals surface area contributed by atoms with E-state index in [0.29, 0.717) is 0 Å². The van der Waals surface area contributed by atoms with Crippen molar-refractivity contribution < 1.29 is 4.79 Å². The van der Waals surface area contributed by atoms with E-state index in [1.165, 1.54) is 16.8 Å². The van der Waals surface area contributed by atoms with E-state index >= 15 is 0 Å². The summed E-state index contributed by atoms with van der Waals surface area (Å²) in [6, 6.07) is 16.6. The molecular weight excluding hydrogens is 298 g/mol. The van der Waals surface area contributed by atoms with Crippen molar-refractivity contribution in [1.82, 2.24) is 9.80 Å². The van der Waals surface area contributed by atoms with E-state index in [1.807, 2.05) is 35.2 Å². The Kier molecular flexibility index (Phi) is 3.98. The standard InChI is InChI=1S/C20H23N3O/c1-22-11-12-23(19(14-22)15-5-3-2-4-6-15)20(24)17-7-8-18-16(13-17)9-10-21-18/h2-8,13,19,21H,9-12,14H2,1H3. The molecule has 4 nitrogen and oxygen atoms in total. The molecule has 2 aliphatic rings. The van der Waals surface area contributed by atoms with Crippen LogP contribution in [0.3, 0.4) is 0 Å². The molecule has 24 heavy (non-hydrogen) atoms. The van der Waals surface area contributed by atoms with Crippen molar-refractivity contribution in [2.24, 2.45) is 0 Å². The largest absolute Gasteiger partial charge is 0.384 e. The molecule has 4 heteroatoms. The maximum absolute atomic E-state index is 13.2. The van der Waals surface area contributed by atoms with Crippen LogP contribution < -0.4 is 5.32 Å². The summed E-state index contributed by atoms with van der Waals surface area (Å²) in [5.74, 6) is 0.145. The first-order chi connectivity index (χ1) is 11.7. The number of amides is 1. The highest BCUT2D eigenvalue weighted by Crippen LogP contribution is 2.28. The molecule has 1 amide bonds. The number of hydrogen-bond acceptors (Lipinski definition) is 3. The second-order valence-corrected chi connectivity index (χ2v) is 6.74. The quantitative estimate of drug-likeness (QED) is 0.924. The zero-order valence-electron chi connectivity index (χ0n) is 14.0. The normalized spacial score (nSPS) is 20.5. The van der Waals surface area contributed by atoms with Gasteiger partial charge in [0.15, 0.2) is 0 Å². The van der Waals surface area contributed by atoms with E-state index in [0.717, 1.165) is 38.2 Å². The number of fused-ring (bicyclic) bond motifs is 1. The lowest BCUT2D eigenvalue weighted by Crippen LogP contribution is -2.49. The summed E-state index contributed by atoms with van der Waals surface area (Å²) in [5.41, 5.74) is 4.44. The number of anilines is 1. The van der Waals surface area contributed by atoms with Crippen molar-refractivity contribution in [3.8, 4) is 0 Å². The van der Waals surface area contributed by atoms with Gasteiger partial charge >= 0.3 is 0 Å². The molecule has 1 saturated heterocycles. The third-order valence-corrected chi connectivity index (χ3v) is 5.09. The highest BCUT2D eigenvalue weighted by molar-refractivity contribution is 5.95. The summed E-state index contributed by atoms with van der Waals surface area (Å²) >= 11 is 0. The summed E-state index contributed by atoms with van der Waals surface area (Å²) in [7, 11) is 2.12. The van der Waals surface area contributed by atoms with Gasteiger partial charge in [-0.1, -0.05) is 30.3 Å². The average Bonchev–Trinajstić information content (AvgIpc) is 3.09. The molecule has 1 unspecified atom stereocenters. The fourth-order valence-corrected chi connectivity index (χ4v) is 3.73. The van der Waals surface area contributed by atoms with Crippen molar-refractivity contribution in [3.63, 3.8) is 0 Å². The molecule has 1 atom stereocenters. The summed E-state index contributed by atoms with van der Waals surface area (Å²) in [5, 5.41) is 3.35. The molecule has 4 rings (SSSR count). The van der Waals surface area contributed by atoms with E-state index in [-0.39, 0.29) is 11.9 Å². The first-order valence-corrected chi connectivity index (χ1v) is 8.63. The Labute approximate surface area is 143 Å². The van der Waals surface area contributed by atoms with Gasteiger partial charge in [0.25, 0.3) is 5.91 Å². The number of likely N-dealkylation sites (N-methyl/N-ethyl adjacent to an activating group) is 1. The molecule has 2 aliphatic heterocycles. The van der Waals surface area contributed by atoms with Gasteiger partial charge < -0.3 is 15.1 Å². The Bertz CT molecular complexity index is 744. The van der Waals surface area contributed by atoms with Gasteiger partial charge in [-0.3, -0.25) is 4.79 Å². The number of carbonyl (C=O) groups is 1. The Morgan fingerprint density at radius 1 is 1.12 bits per heavy atom. The Morgan fingerprint density at radius 3 is 2.79 bits per heavy atom. The number of carbonyl (C=O) groups excluding carboxylic acids is 1. The molecule has 0 bridgehead atoms. The van der Waals surface area contributed by atoms with Crippen LogP contribution in [0.1, 0.15) is 27.5 Å². The first kappa shape index (κ1) is 15.2. The van der Waals surface area contributed by atoms with E-state index < -0.39 is 0 Å². The molecule has 0 aliphatic carbocycles. The van der Waals surface area contributed by atoms with E-state index in [2.05, 4.69) is 35.5 Å². The third-order valence-electron chi connectivity index (χ3n) is 5.09. The third kappa shape index (κ3) is 2.78. The van der Waals surface area contributed by atoms with Crippen LogP contribution in [0.25, 0.3) is 0 Å². The van der Waals surface area contributed by atoms with Gasteiger partial charge in [-0.25, -0.2) is 0 Å². The second kappa shape index (κ2) is 6.29. The van der Waals surface area contributed by atoms with Crippen molar-refractivity contribution in [3.05, 3.63) is 65.2 Å². The Balaban J connectivity index is 1.64. The topological polar surface area (TPSA) is 35.6 Å². The van der Waals surface area contributed by atoms with E-state index in [1.54, 1.807) is 0 Å². The molecule has 2 aromatic carbocycles. The lowest BCUT2D eigenvalue weighted by atomic mass is 10.0. The van der Waals surface area contributed by atoms with Gasteiger partial charge in [-0.2, -0.15) is 0 Å². The highest BCUT2D eigenvalue weighted by atomic mass is 16.2. The van der Waals surface area contributed by atoms with Gasteiger partial charge in [0.05, 0.1) is 6.04 Å². The summed E-state index contributed by atoms with van der Waals surface area (Å²) in [4.78, 5) is 17.5. The number of piperazine rings is 1. The Hall–Kier alpha value is -2.33. The van der Waals surface area contributed by atoms with Crippen LogP contribution in [0.2, 0.25) is 0 Å². The average molecular weight is 321 g/mol. The first-order valence-electron chi connectivity index (χ1n) is 8.63. The molecule has 0 saturated carbocycles. The maximum Gasteiger partial charge on any atom is 0.254 e. The van der Waals surface area contributed by atoms with Crippen molar-refractivity contribution in [2.75, 3.05) is 38.5 Å². The minimum Gasteiger partial charge on any atom is -0.384 e. The molecule has 124 valence electrons. The van der Waals surface area contributed by atoms with Crippen LogP contribution in [-0.4, -0.2) is 48.9 Å². The molecule has 0 radical (unpaired) electrons. The van der Waals surface area contributed by atoms with Gasteiger partial charge in [-0.15, -0.1) is 0 Å². The smallest absolute Gasteiger partial charge is 0.254 e. The van der Waals surface area contributed by atoms with Crippen LogP contribution in [0.4, 0.5) is 5.69 Å². The fraction of sp³-hybridized carbons (Fsp3) is 0.350. The monoisotopic (exact) mass is 321 g/mol. The minimum absolute atomic E-state index is 0.115. The predicted octanol–water partition coefficient (Wildman–Crippen LogP) is 2.78. The second-order valence-electron chi connectivity index (χ2n) is 6.74. The van der Waals surface area contributed by atoms with Crippen LogP contribution in [0.15, 0.2) is 48.5 Å². The minimum atomic E-state index is 0.115. The van der Waals surface area contributed by atoms with Crippen molar-refractivity contribution in [1.29, 1.82) is 0 Å². The van der Waals surface area contributed by atoms with Crippen LogP contribution in [-0.2, 0) is 6.42 Å². The molecule has 2 heterocycles. The lowest BCUT2D eigenvalue weighted by Gasteiger charge is -2.40. The number of nitrogens with one attached hydrogen (secondary N) is 1. The van der Waals surface area contributed by atoms with Crippen molar-refractivity contribution >= 4 is 11.6 Å². The van der Waals surface area contributed by atoms with E-state index in [9.17, 15) is 4.79 Å².